The van der Waals surface area contributed by atoms with E-state index in [4.69, 9.17) is 9.84 Å². The first-order chi connectivity index (χ1) is 6.54. The third-order valence-electron chi connectivity index (χ3n) is 2.16. The minimum absolute atomic E-state index is 0.0176. The standard InChI is InChI=1S/C10H21NO3/c1-8(2)11(6-5-7-12)10(13)9(3)14-4/h8-9,12H,5-7H2,1-4H3. The van der Waals surface area contributed by atoms with Crippen LogP contribution in [0.2, 0.25) is 0 Å². The molecule has 84 valence electrons. The summed E-state index contributed by atoms with van der Waals surface area (Å²) in [6.07, 6.45) is 0.205. The van der Waals surface area contributed by atoms with Crippen molar-refractivity contribution in [2.24, 2.45) is 0 Å². The molecular weight excluding hydrogens is 182 g/mol. The van der Waals surface area contributed by atoms with Gasteiger partial charge in [-0.15, -0.1) is 0 Å². The van der Waals surface area contributed by atoms with Crippen molar-refractivity contribution in [2.45, 2.75) is 39.3 Å². The van der Waals surface area contributed by atoms with Gasteiger partial charge in [0.1, 0.15) is 6.10 Å². The van der Waals surface area contributed by atoms with Crippen molar-refractivity contribution in [1.29, 1.82) is 0 Å². The highest BCUT2D eigenvalue weighted by Gasteiger charge is 2.21. The Kier molecular flexibility index (Phi) is 6.49. The fraction of sp³-hybridized carbons (Fsp3) is 0.900. The molecule has 0 heterocycles. The molecule has 1 amide bonds. The van der Waals surface area contributed by atoms with Gasteiger partial charge in [0.15, 0.2) is 0 Å². The zero-order valence-electron chi connectivity index (χ0n) is 9.49. The quantitative estimate of drug-likeness (QED) is 0.689. The first-order valence-electron chi connectivity index (χ1n) is 4.98. The second kappa shape index (κ2) is 6.79. The Labute approximate surface area is 85.9 Å². The molecule has 0 aromatic carbocycles. The van der Waals surface area contributed by atoms with Crippen LogP contribution in [0.25, 0.3) is 0 Å². The van der Waals surface area contributed by atoms with Gasteiger partial charge in [-0.1, -0.05) is 0 Å². The van der Waals surface area contributed by atoms with Crippen molar-refractivity contribution >= 4 is 5.91 Å². The number of carbonyl (C=O) groups is 1. The third kappa shape index (κ3) is 4.07. The molecule has 1 atom stereocenters. The average molecular weight is 203 g/mol. The molecule has 0 aliphatic carbocycles. The summed E-state index contributed by atoms with van der Waals surface area (Å²) in [6, 6.07) is 0.145. The summed E-state index contributed by atoms with van der Waals surface area (Å²) < 4.78 is 4.97. The van der Waals surface area contributed by atoms with Crippen LogP contribution in [0.15, 0.2) is 0 Å². The lowest BCUT2D eigenvalue weighted by atomic mass is 10.2. The van der Waals surface area contributed by atoms with Crippen LogP contribution < -0.4 is 0 Å². The van der Waals surface area contributed by atoms with Crippen LogP contribution in [0, 0.1) is 0 Å². The lowest BCUT2D eigenvalue weighted by Crippen LogP contribution is -2.43. The lowest BCUT2D eigenvalue weighted by Gasteiger charge is -2.28. The zero-order valence-corrected chi connectivity index (χ0v) is 9.49. The van der Waals surface area contributed by atoms with E-state index in [1.165, 1.54) is 7.11 Å². The molecule has 0 fully saturated rings. The van der Waals surface area contributed by atoms with E-state index in [9.17, 15) is 4.79 Å². The van der Waals surface area contributed by atoms with Gasteiger partial charge >= 0.3 is 0 Å². The van der Waals surface area contributed by atoms with Gasteiger partial charge in [-0.05, 0) is 27.2 Å². The van der Waals surface area contributed by atoms with Crippen molar-refractivity contribution < 1.29 is 14.6 Å². The number of hydrogen-bond donors (Lipinski definition) is 1. The summed E-state index contributed by atoms with van der Waals surface area (Å²) in [4.78, 5) is 13.5. The molecule has 0 aliphatic heterocycles. The van der Waals surface area contributed by atoms with Crippen molar-refractivity contribution in [3.05, 3.63) is 0 Å². The van der Waals surface area contributed by atoms with Crippen LogP contribution >= 0.6 is 0 Å². The first kappa shape index (κ1) is 13.4. The number of hydrogen-bond acceptors (Lipinski definition) is 3. The molecule has 1 N–H and O–H groups in total. The zero-order chi connectivity index (χ0) is 11.1. The Morgan fingerprint density at radius 1 is 1.43 bits per heavy atom. The highest BCUT2D eigenvalue weighted by Crippen LogP contribution is 2.04. The second-order valence-electron chi connectivity index (χ2n) is 3.58. The van der Waals surface area contributed by atoms with E-state index in [-0.39, 0.29) is 18.6 Å². The first-order valence-corrected chi connectivity index (χ1v) is 4.98. The molecule has 0 aliphatic rings. The van der Waals surface area contributed by atoms with Gasteiger partial charge in [-0.3, -0.25) is 4.79 Å². The molecule has 0 bridgehead atoms. The molecule has 0 aromatic rings. The molecule has 1 unspecified atom stereocenters. The van der Waals surface area contributed by atoms with E-state index < -0.39 is 6.10 Å². The van der Waals surface area contributed by atoms with Gasteiger partial charge in [-0.2, -0.15) is 0 Å². The Balaban J connectivity index is 4.25. The molecule has 0 saturated carbocycles. The number of aliphatic hydroxyl groups excluding tert-OH is 1. The number of ether oxygens (including phenoxy) is 1. The Hall–Kier alpha value is -0.610. The highest BCUT2D eigenvalue weighted by atomic mass is 16.5. The molecule has 0 radical (unpaired) electrons. The second-order valence-corrected chi connectivity index (χ2v) is 3.58. The fourth-order valence-electron chi connectivity index (χ4n) is 1.20. The molecule has 4 heteroatoms. The van der Waals surface area contributed by atoms with E-state index >= 15 is 0 Å². The van der Waals surface area contributed by atoms with Crippen molar-refractivity contribution in [3.63, 3.8) is 0 Å². The topological polar surface area (TPSA) is 49.8 Å². The molecule has 0 saturated heterocycles. The number of aliphatic hydroxyl groups is 1. The molecule has 4 nitrogen and oxygen atoms in total. The van der Waals surface area contributed by atoms with Crippen LogP contribution in [-0.4, -0.2) is 48.3 Å². The maximum Gasteiger partial charge on any atom is 0.251 e. The fourth-order valence-corrected chi connectivity index (χ4v) is 1.20. The van der Waals surface area contributed by atoms with E-state index in [2.05, 4.69) is 0 Å². The summed E-state index contributed by atoms with van der Waals surface area (Å²) in [5.41, 5.74) is 0. The maximum atomic E-state index is 11.7. The minimum atomic E-state index is -0.406. The summed E-state index contributed by atoms with van der Waals surface area (Å²) >= 11 is 0. The maximum absolute atomic E-state index is 11.7. The predicted octanol–water partition coefficient (Wildman–Crippen LogP) is 0.641. The number of nitrogens with zero attached hydrogens (tertiary/aromatic N) is 1. The Morgan fingerprint density at radius 2 is 2.00 bits per heavy atom. The SMILES string of the molecule is COC(C)C(=O)N(CCCO)C(C)C. The van der Waals surface area contributed by atoms with Crippen molar-refractivity contribution in [2.75, 3.05) is 20.3 Å². The number of amides is 1. The molecule has 0 aromatic heterocycles. The summed E-state index contributed by atoms with van der Waals surface area (Å²) in [5.74, 6) is -0.0176. The van der Waals surface area contributed by atoms with Gasteiger partial charge in [0.2, 0.25) is 0 Å². The van der Waals surface area contributed by atoms with E-state index in [0.29, 0.717) is 13.0 Å². The largest absolute Gasteiger partial charge is 0.396 e. The monoisotopic (exact) mass is 203 g/mol. The Bertz CT molecular complexity index is 171. The van der Waals surface area contributed by atoms with Crippen LogP contribution in [0.1, 0.15) is 27.2 Å². The molecular formula is C10H21NO3. The summed E-state index contributed by atoms with van der Waals surface area (Å²) in [6.45, 7) is 6.34. The normalized spacial score (nSPS) is 13.0. The van der Waals surface area contributed by atoms with Crippen LogP contribution in [0.5, 0.6) is 0 Å². The van der Waals surface area contributed by atoms with Gasteiger partial charge in [-0.25, -0.2) is 0 Å². The Morgan fingerprint density at radius 3 is 2.36 bits per heavy atom. The van der Waals surface area contributed by atoms with Crippen LogP contribution in [0.4, 0.5) is 0 Å². The van der Waals surface area contributed by atoms with Crippen LogP contribution in [-0.2, 0) is 9.53 Å². The molecule has 0 spiro atoms. The van der Waals surface area contributed by atoms with Gasteiger partial charge in [0.25, 0.3) is 5.91 Å². The predicted molar refractivity (Wildman–Crippen MR) is 55.0 cm³/mol. The van der Waals surface area contributed by atoms with Crippen molar-refractivity contribution in [3.8, 4) is 0 Å². The third-order valence-corrected chi connectivity index (χ3v) is 2.16. The number of rotatable bonds is 6. The summed E-state index contributed by atoms with van der Waals surface area (Å²) in [5, 5.41) is 8.71. The molecule has 0 rings (SSSR count). The van der Waals surface area contributed by atoms with Crippen LogP contribution in [0.3, 0.4) is 0 Å². The number of carbonyl (C=O) groups excluding carboxylic acids is 1. The average Bonchev–Trinajstić information content (AvgIpc) is 2.16. The van der Waals surface area contributed by atoms with E-state index in [0.717, 1.165) is 0 Å². The van der Waals surface area contributed by atoms with E-state index in [1.54, 1.807) is 11.8 Å². The smallest absolute Gasteiger partial charge is 0.251 e. The lowest BCUT2D eigenvalue weighted by molar-refractivity contribution is -0.142. The minimum Gasteiger partial charge on any atom is -0.396 e. The number of methoxy groups -OCH3 is 1. The molecule has 14 heavy (non-hydrogen) atoms. The van der Waals surface area contributed by atoms with Gasteiger partial charge in [0, 0.05) is 26.3 Å². The summed E-state index contributed by atoms with van der Waals surface area (Å²) in [7, 11) is 1.52. The van der Waals surface area contributed by atoms with Gasteiger partial charge in [0.05, 0.1) is 0 Å². The van der Waals surface area contributed by atoms with Gasteiger partial charge < -0.3 is 14.7 Å². The highest BCUT2D eigenvalue weighted by molar-refractivity contribution is 5.80. The van der Waals surface area contributed by atoms with Crippen molar-refractivity contribution in [1.82, 2.24) is 4.90 Å². The van der Waals surface area contributed by atoms with E-state index in [1.807, 2.05) is 13.8 Å².